The van der Waals surface area contributed by atoms with Crippen LogP contribution in [-0.4, -0.2) is 42.9 Å². The van der Waals surface area contributed by atoms with Gasteiger partial charge < -0.3 is 15.5 Å². The van der Waals surface area contributed by atoms with Crippen LogP contribution in [0.5, 0.6) is 0 Å². The number of primary amides is 1. The second kappa shape index (κ2) is 7.76. The van der Waals surface area contributed by atoms with Gasteiger partial charge in [0.25, 0.3) is 0 Å². The zero-order valence-corrected chi connectivity index (χ0v) is 13.9. The van der Waals surface area contributed by atoms with Crippen LogP contribution in [0.1, 0.15) is 18.9 Å². The van der Waals surface area contributed by atoms with Gasteiger partial charge in [-0.1, -0.05) is 13.0 Å². The Morgan fingerprint density at radius 3 is 2.44 bits per heavy atom. The third-order valence-electron chi connectivity index (χ3n) is 4.26. The summed E-state index contributed by atoms with van der Waals surface area (Å²) in [6.45, 7) is 3.38. The fraction of sp³-hybridized carbons (Fsp3) is 0.471. The number of anilines is 1. The summed E-state index contributed by atoms with van der Waals surface area (Å²) in [6, 6.07) is 5.18. The first-order valence-electron chi connectivity index (χ1n) is 8.02. The molecule has 1 aliphatic rings. The normalized spacial score (nSPS) is 16.6. The van der Waals surface area contributed by atoms with Crippen molar-refractivity contribution in [1.82, 2.24) is 4.90 Å². The van der Waals surface area contributed by atoms with Gasteiger partial charge in [0.15, 0.2) is 0 Å². The molecule has 137 valence electrons. The van der Waals surface area contributed by atoms with Gasteiger partial charge in [0.05, 0.1) is 12.0 Å². The molecule has 1 aliphatic heterocycles. The zero-order chi connectivity index (χ0) is 18.6. The second-order valence-corrected chi connectivity index (χ2v) is 6.10. The number of benzene rings is 1. The molecule has 0 aliphatic carbocycles. The van der Waals surface area contributed by atoms with Crippen LogP contribution in [0.2, 0.25) is 0 Å². The van der Waals surface area contributed by atoms with Gasteiger partial charge in [-0.2, -0.15) is 13.2 Å². The highest BCUT2D eigenvalue weighted by molar-refractivity contribution is 5.86. The van der Waals surface area contributed by atoms with E-state index in [9.17, 15) is 22.8 Å². The molecule has 0 saturated carbocycles. The van der Waals surface area contributed by atoms with Crippen LogP contribution < -0.4 is 10.6 Å². The molecule has 1 aromatic rings. The number of nitrogens with zero attached hydrogens (tertiary/aromatic N) is 2. The summed E-state index contributed by atoms with van der Waals surface area (Å²) in [5.41, 5.74) is 4.97. The van der Waals surface area contributed by atoms with Gasteiger partial charge >= 0.3 is 6.18 Å². The summed E-state index contributed by atoms with van der Waals surface area (Å²) in [4.78, 5) is 26.5. The molecule has 1 heterocycles. The van der Waals surface area contributed by atoms with Gasteiger partial charge in [-0.15, -0.1) is 0 Å². The van der Waals surface area contributed by atoms with E-state index in [0.29, 0.717) is 31.9 Å². The van der Waals surface area contributed by atoms with E-state index in [1.54, 1.807) is 17.9 Å². The molecule has 5 nitrogen and oxygen atoms in total. The molecule has 0 unspecified atom stereocenters. The Balaban J connectivity index is 1.89. The van der Waals surface area contributed by atoms with E-state index in [0.717, 1.165) is 12.1 Å². The number of nitrogens with two attached hydrogens (primary N) is 1. The average Bonchev–Trinajstić information content (AvgIpc) is 2.58. The smallest absolute Gasteiger partial charge is 0.369 e. The molecule has 1 saturated heterocycles. The summed E-state index contributed by atoms with van der Waals surface area (Å²) in [5.74, 6) is -1.05. The van der Waals surface area contributed by atoms with Crippen LogP contribution in [0.4, 0.5) is 18.9 Å². The number of hydrogen-bond acceptors (Lipinski definition) is 3. The molecule has 1 fully saturated rings. The third kappa shape index (κ3) is 5.11. The molecule has 1 radical (unpaired) electrons. The fourth-order valence-corrected chi connectivity index (χ4v) is 2.59. The van der Waals surface area contributed by atoms with Gasteiger partial charge in [0, 0.05) is 37.8 Å². The number of hydrogen-bond donors (Lipinski definition) is 1. The number of piperazine rings is 1. The highest BCUT2D eigenvalue weighted by Gasteiger charge is 2.31. The molecule has 25 heavy (non-hydrogen) atoms. The summed E-state index contributed by atoms with van der Waals surface area (Å²) in [6.07, 6.45) is -2.66. The van der Waals surface area contributed by atoms with Gasteiger partial charge in [0.1, 0.15) is 0 Å². The van der Waals surface area contributed by atoms with Crippen molar-refractivity contribution in [3.63, 3.8) is 0 Å². The van der Waals surface area contributed by atoms with Crippen LogP contribution in [-0.2, 0) is 15.8 Å². The zero-order valence-electron chi connectivity index (χ0n) is 13.9. The number of amides is 2. The first-order chi connectivity index (χ1) is 11.7. The Bertz CT molecular complexity index is 626. The van der Waals surface area contributed by atoms with Crippen LogP contribution in [0, 0.1) is 12.3 Å². The van der Waals surface area contributed by atoms with Crippen molar-refractivity contribution in [3.05, 3.63) is 36.2 Å². The third-order valence-corrected chi connectivity index (χ3v) is 4.26. The van der Waals surface area contributed by atoms with Crippen molar-refractivity contribution in [2.75, 3.05) is 31.1 Å². The Morgan fingerprint density at radius 1 is 1.24 bits per heavy atom. The molecule has 0 aromatic heterocycles. The van der Waals surface area contributed by atoms with Crippen molar-refractivity contribution in [1.29, 1.82) is 0 Å². The minimum atomic E-state index is -4.38. The maximum atomic E-state index is 12.8. The summed E-state index contributed by atoms with van der Waals surface area (Å²) in [5, 5.41) is 0. The van der Waals surface area contributed by atoms with E-state index in [-0.39, 0.29) is 12.3 Å². The number of alkyl halides is 3. The Kier molecular flexibility index (Phi) is 5.92. The van der Waals surface area contributed by atoms with Crippen molar-refractivity contribution in [2.24, 2.45) is 11.7 Å². The minimum absolute atomic E-state index is 0.184. The molecule has 0 spiro atoms. The van der Waals surface area contributed by atoms with Crippen LogP contribution in [0.3, 0.4) is 0 Å². The summed E-state index contributed by atoms with van der Waals surface area (Å²) >= 11 is 0. The van der Waals surface area contributed by atoms with E-state index in [1.165, 1.54) is 12.5 Å². The predicted molar refractivity (Wildman–Crippen MR) is 87.5 cm³/mol. The molecule has 2 amide bonds. The van der Waals surface area contributed by atoms with Crippen molar-refractivity contribution in [2.45, 2.75) is 19.5 Å². The standard InChI is InChI=1S/C17H21F3N3O2/c1-12(16(21)25)5-6-15(24)23-9-7-22(8-10-23)14-4-2-3-13(11-14)17(18,19)20/h2-4,6,11-12H,5,7-10H2,1H3,(H2,21,25)/t12-/m0/s1. The first kappa shape index (κ1) is 19.1. The Hall–Kier alpha value is -2.25. The predicted octanol–water partition coefficient (Wildman–Crippen LogP) is 2.07. The number of halogens is 3. The van der Waals surface area contributed by atoms with Crippen LogP contribution in [0.15, 0.2) is 24.3 Å². The molecular weight excluding hydrogens is 335 g/mol. The van der Waals surface area contributed by atoms with Crippen molar-refractivity contribution in [3.8, 4) is 0 Å². The monoisotopic (exact) mass is 356 g/mol. The first-order valence-corrected chi connectivity index (χ1v) is 8.02. The number of carbonyl (C=O) groups is 2. The Morgan fingerprint density at radius 2 is 1.88 bits per heavy atom. The second-order valence-electron chi connectivity index (χ2n) is 6.10. The average molecular weight is 356 g/mol. The number of rotatable bonds is 5. The largest absolute Gasteiger partial charge is 0.416 e. The van der Waals surface area contributed by atoms with E-state index in [2.05, 4.69) is 0 Å². The summed E-state index contributed by atoms with van der Waals surface area (Å²) < 4.78 is 38.4. The van der Waals surface area contributed by atoms with Crippen molar-refractivity contribution >= 4 is 17.5 Å². The lowest BCUT2D eigenvalue weighted by Gasteiger charge is -2.36. The highest BCUT2D eigenvalue weighted by atomic mass is 19.4. The molecule has 8 heteroatoms. The molecule has 0 bridgehead atoms. The number of carbonyl (C=O) groups excluding carboxylic acids is 2. The maximum Gasteiger partial charge on any atom is 0.416 e. The van der Waals surface area contributed by atoms with E-state index in [4.69, 9.17) is 5.73 Å². The van der Waals surface area contributed by atoms with E-state index >= 15 is 0 Å². The Labute approximate surface area is 144 Å². The fourth-order valence-electron chi connectivity index (χ4n) is 2.59. The van der Waals surface area contributed by atoms with Gasteiger partial charge in [-0.25, -0.2) is 0 Å². The van der Waals surface area contributed by atoms with E-state index < -0.39 is 23.6 Å². The molecule has 1 atom stereocenters. The topological polar surface area (TPSA) is 66.6 Å². The molecule has 2 N–H and O–H groups in total. The lowest BCUT2D eigenvalue weighted by atomic mass is 10.0. The maximum absolute atomic E-state index is 12.8. The molecular formula is C17H21F3N3O2. The quantitative estimate of drug-likeness (QED) is 0.878. The van der Waals surface area contributed by atoms with Crippen molar-refractivity contribution < 1.29 is 22.8 Å². The summed E-state index contributed by atoms with van der Waals surface area (Å²) in [7, 11) is 0. The lowest BCUT2D eigenvalue weighted by Crippen LogP contribution is -2.49. The minimum Gasteiger partial charge on any atom is -0.369 e. The molecule has 1 aromatic carbocycles. The molecule has 2 rings (SSSR count). The van der Waals surface area contributed by atoms with Crippen LogP contribution in [0.25, 0.3) is 0 Å². The van der Waals surface area contributed by atoms with E-state index in [1.807, 2.05) is 4.90 Å². The van der Waals surface area contributed by atoms with Gasteiger partial charge in [-0.05, 0) is 24.6 Å². The lowest BCUT2D eigenvalue weighted by molar-refractivity contribution is -0.137. The highest BCUT2D eigenvalue weighted by Crippen LogP contribution is 2.31. The van der Waals surface area contributed by atoms with Crippen LogP contribution >= 0.6 is 0 Å². The SMILES string of the molecule is C[C@@H](C[CH]C(=O)N1CCN(c2cccc(C(F)(F)F)c2)CC1)C(N)=O. The van der Waals surface area contributed by atoms with Gasteiger partial charge in [0.2, 0.25) is 11.8 Å². The van der Waals surface area contributed by atoms with Gasteiger partial charge in [-0.3, -0.25) is 9.59 Å².